The number of benzene rings is 2. The van der Waals surface area contributed by atoms with E-state index in [1.807, 2.05) is 66.0 Å². The highest BCUT2D eigenvalue weighted by atomic mass is 19.4. The molecule has 2 amide bonds. The molecule has 184 valence electrons. The van der Waals surface area contributed by atoms with E-state index in [2.05, 4.69) is 9.89 Å². The molecule has 6 nitrogen and oxygen atoms in total. The van der Waals surface area contributed by atoms with Crippen LogP contribution in [0, 0.1) is 5.92 Å². The molecule has 2 atom stereocenters. The summed E-state index contributed by atoms with van der Waals surface area (Å²) in [5.41, 5.74) is 1.96. The minimum absolute atomic E-state index is 0.110. The van der Waals surface area contributed by atoms with Crippen molar-refractivity contribution in [1.82, 2.24) is 15.1 Å². The van der Waals surface area contributed by atoms with Gasteiger partial charge >= 0.3 is 12.1 Å². The van der Waals surface area contributed by atoms with Gasteiger partial charge in [-0.05, 0) is 17.2 Å². The molecule has 2 heterocycles. The summed E-state index contributed by atoms with van der Waals surface area (Å²) in [5.74, 6) is -2.49. The summed E-state index contributed by atoms with van der Waals surface area (Å²) >= 11 is 0. The molecular formula is C26H27F3N4O2. The molecule has 0 bridgehead atoms. The first-order valence-corrected chi connectivity index (χ1v) is 11.5. The first-order valence-electron chi connectivity index (χ1n) is 11.5. The third kappa shape index (κ3) is 5.97. The molecule has 2 aromatic rings. The van der Waals surface area contributed by atoms with Crippen LogP contribution in [0.15, 0.2) is 77.8 Å². The van der Waals surface area contributed by atoms with Gasteiger partial charge in [-0.1, -0.05) is 66.7 Å². The van der Waals surface area contributed by atoms with Crippen molar-refractivity contribution in [2.24, 2.45) is 10.9 Å². The summed E-state index contributed by atoms with van der Waals surface area (Å²) in [6, 6.07) is 18.6. The predicted molar refractivity (Wildman–Crippen MR) is 127 cm³/mol. The van der Waals surface area contributed by atoms with Gasteiger partial charge in [0.05, 0.1) is 18.5 Å². The van der Waals surface area contributed by atoms with Crippen LogP contribution >= 0.6 is 0 Å². The second-order valence-electron chi connectivity index (χ2n) is 8.61. The number of alkyl halides is 3. The van der Waals surface area contributed by atoms with Crippen LogP contribution in [0.5, 0.6) is 0 Å². The molecule has 1 N–H and O–H groups in total. The Balaban J connectivity index is 1.62. The zero-order chi connectivity index (χ0) is 24.8. The lowest BCUT2D eigenvalue weighted by molar-refractivity contribution is -0.174. The van der Waals surface area contributed by atoms with Gasteiger partial charge in [0.15, 0.2) is 0 Å². The van der Waals surface area contributed by atoms with Gasteiger partial charge < -0.3 is 10.2 Å². The lowest BCUT2D eigenvalue weighted by Gasteiger charge is -2.46. The van der Waals surface area contributed by atoms with Crippen LogP contribution in [0.2, 0.25) is 0 Å². The number of nitrogens with zero attached hydrogens (tertiary/aromatic N) is 3. The molecule has 1 saturated heterocycles. The summed E-state index contributed by atoms with van der Waals surface area (Å²) in [7, 11) is 0. The van der Waals surface area contributed by atoms with Crippen LogP contribution in [0.4, 0.5) is 13.2 Å². The molecule has 0 radical (unpaired) electrons. The molecule has 2 unspecified atom stereocenters. The highest BCUT2D eigenvalue weighted by molar-refractivity contribution is 5.84. The molecular weight excluding hydrogens is 457 g/mol. The number of hydrogen-bond acceptors (Lipinski definition) is 4. The van der Waals surface area contributed by atoms with Gasteiger partial charge in [0.2, 0.25) is 5.91 Å². The largest absolute Gasteiger partial charge is 0.471 e. The minimum Gasteiger partial charge on any atom is -0.347 e. The molecule has 9 heteroatoms. The summed E-state index contributed by atoms with van der Waals surface area (Å²) in [5, 5.41) is 2.04. The maximum Gasteiger partial charge on any atom is 0.471 e. The number of dihydropyridines is 1. The quantitative estimate of drug-likeness (QED) is 0.685. The molecule has 2 aromatic carbocycles. The monoisotopic (exact) mass is 484 g/mol. The third-order valence-electron chi connectivity index (χ3n) is 6.31. The van der Waals surface area contributed by atoms with Crippen LogP contribution in [-0.4, -0.2) is 72.8 Å². The smallest absolute Gasteiger partial charge is 0.347 e. The van der Waals surface area contributed by atoms with Crippen molar-refractivity contribution in [2.45, 2.75) is 18.3 Å². The number of allylic oxidation sites excluding steroid dienone is 1. The fourth-order valence-corrected chi connectivity index (χ4v) is 4.62. The molecule has 0 aliphatic carbocycles. The molecule has 1 fully saturated rings. The van der Waals surface area contributed by atoms with E-state index < -0.39 is 24.0 Å². The Kier molecular flexibility index (Phi) is 7.65. The van der Waals surface area contributed by atoms with Crippen molar-refractivity contribution in [3.8, 4) is 0 Å². The molecule has 0 saturated carbocycles. The summed E-state index contributed by atoms with van der Waals surface area (Å²) in [6.07, 6.45) is 0.183. The Labute approximate surface area is 202 Å². The van der Waals surface area contributed by atoms with Crippen molar-refractivity contribution < 1.29 is 22.8 Å². The summed E-state index contributed by atoms with van der Waals surface area (Å²) < 4.78 is 38.8. The lowest BCUT2D eigenvalue weighted by atomic mass is 9.94. The highest BCUT2D eigenvalue weighted by Crippen LogP contribution is 2.32. The van der Waals surface area contributed by atoms with Crippen LogP contribution in [0.3, 0.4) is 0 Å². The van der Waals surface area contributed by atoms with Gasteiger partial charge in [0.25, 0.3) is 0 Å². The van der Waals surface area contributed by atoms with E-state index >= 15 is 0 Å². The molecule has 4 rings (SSSR count). The lowest BCUT2D eigenvalue weighted by Crippen LogP contribution is -2.60. The van der Waals surface area contributed by atoms with Crippen LogP contribution in [-0.2, 0) is 9.59 Å². The van der Waals surface area contributed by atoms with E-state index in [9.17, 15) is 22.8 Å². The Morgan fingerprint density at radius 3 is 2.17 bits per heavy atom. The van der Waals surface area contributed by atoms with Gasteiger partial charge in [-0.25, -0.2) is 0 Å². The van der Waals surface area contributed by atoms with E-state index in [0.29, 0.717) is 19.6 Å². The molecule has 0 spiro atoms. The van der Waals surface area contributed by atoms with Crippen molar-refractivity contribution in [3.05, 3.63) is 83.9 Å². The standard InChI is InChI=1S/C26H27F3N4O2/c27-26(28,29)25(35)31-17-22-18-32(24(34)21-12-7-13-30-16-21)14-15-33(22)23(19-8-3-1-4-9-19)20-10-5-2-6-11-20/h1-13,21-23H,14-18H2,(H,31,35). The number of carbonyl (C=O) groups excluding carboxylic acids is 2. The Bertz CT molecular complexity index is 1030. The Morgan fingerprint density at radius 1 is 1.00 bits per heavy atom. The normalized spacial score (nSPS) is 20.7. The van der Waals surface area contributed by atoms with Gasteiger partial charge in [0.1, 0.15) is 0 Å². The van der Waals surface area contributed by atoms with Crippen LogP contribution in [0.1, 0.15) is 17.2 Å². The number of aliphatic imine (C=N–C) groups is 1. The van der Waals surface area contributed by atoms with Gasteiger partial charge in [-0.15, -0.1) is 0 Å². The first kappa shape index (κ1) is 24.7. The number of carbonyl (C=O) groups is 2. The second-order valence-corrected chi connectivity index (χ2v) is 8.61. The summed E-state index contributed by atoms with van der Waals surface area (Å²) in [6.45, 7) is 1.17. The molecule has 2 aliphatic heterocycles. The highest BCUT2D eigenvalue weighted by Gasteiger charge is 2.41. The fourth-order valence-electron chi connectivity index (χ4n) is 4.62. The van der Waals surface area contributed by atoms with Crippen molar-refractivity contribution in [2.75, 3.05) is 32.7 Å². The number of halogens is 3. The van der Waals surface area contributed by atoms with E-state index in [1.165, 1.54) is 0 Å². The number of nitrogens with one attached hydrogen (secondary N) is 1. The van der Waals surface area contributed by atoms with E-state index in [-0.39, 0.29) is 25.0 Å². The Morgan fingerprint density at radius 2 is 1.63 bits per heavy atom. The average Bonchev–Trinajstić information content (AvgIpc) is 2.88. The Hall–Kier alpha value is -3.46. The fraction of sp³-hybridized carbons (Fsp3) is 0.346. The van der Waals surface area contributed by atoms with Crippen molar-refractivity contribution >= 4 is 18.0 Å². The van der Waals surface area contributed by atoms with Gasteiger partial charge in [0, 0.05) is 38.4 Å². The van der Waals surface area contributed by atoms with E-state index in [1.54, 1.807) is 23.3 Å². The number of rotatable bonds is 6. The summed E-state index contributed by atoms with van der Waals surface area (Å²) in [4.78, 5) is 32.7. The second kappa shape index (κ2) is 10.9. The number of piperazine rings is 1. The zero-order valence-electron chi connectivity index (χ0n) is 19.1. The number of amides is 2. The van der Waals surface area contributed by atoms with Crippen molar-refractivity contribution in [3.63, 3.8) is 0 Å². The SMILES string of the molecule is O=C(C1C=CC=NC1)N1CCN(C(c2ccccc2)c2ccccc2)C(CNC(=O)C(F)(F)F)C1. The maximum absolute atomic E-state index is 13.1. The van der Waals surface area contributed by atoms with Crippen LogP contribution in [0.25, 0.3) is 0 Å². The third-order valence-corrected chi connectivity index (χ3v) is 6.31. The number of hydrogen-bond donors (Lipinski definition) is 1. The first-order chi connectivity index (χ1) is 16.8. The van der Waals surface area contributed by atoms with Gasteiger partial charge in [-0.2, -0.15) is 13.2 Å². The van der Waals surface area contributed by atoms with E-state index in [0.717, 1.165) is 11.1 Å². The van der Waals surface area contributed by atoms with Gasteiger partial charge in [-0.3, -0.25) is 19.5 Å². The van der Waals surface area contributed by atoms with E-state index in [4.69, 9.17) is 0 Å². The maximum atomic E-state index is 13.1. The molecule has 0 aromatic heterocycles. The van der Waals surface area contributed by atoms with Crippen molar-refractivity contribution in [1.29, 1.82) is 0 Å². The van der Waals surface area contributed by atoms with Crippen LogP contribution < -0.4 is 5.32 Å². The predicted octanol–water partition coefficient (Wildman–Crippen LogP) is 3.22. The molecule has 2 aliphatic rings. The molecule has 35 heavy (non-hydrogen) atoms. The topological polar surface area (TPSA) is 65.0 Å². The minimum atomic E-state index is -4.97. The zero-order valence-corrected chi connectivity index (χ0v) is 19.1. The average molecular weight is 485 g/mol.